The lowest BCUT2D eigenvalue weighted by molar-refractivity contribution is 0.102. The first-order chi connectivity index (χ1) is 11.8. The van der Waals surface area contributed by atoms with Crippen LogP contribution in [0.3, 0.4) is 0 Å². The van der Waals surface area contributed by atoms with Crippen LogP contribution in [0, 0.1) is 0 Å². The summed E-state index contributed by atoms with van der Waals surface area (Å²) < 4.78 is 0. The largest absolute Gasteiger partial charge is 0.322 e. The number of pyridine rings is 1. The summed E-state index contributed by atoms with van der Waals surface area (Å²) in [6, 6.07) is 18.6. The topological polar surface area (TPSA) is 70.7 Å². The SMILES string of the molecule is O=C(Nc1ccc2[nH]nc(-c3cccnc3)c2c1)c1ccccc1. The van der Waals surface area contributed by atoms with Gasteiger partial charge in [-0.05, 0) is 42.5 Å². The molecule has 2 aromatic heterocycles. The van der Waals surface area contributed by atoms with Crippen LogP contribution < -0.4 is 5.32 Å². The van der Waals surface area contributed by atoms with E-state index in [0.29, 0.717) is 5.56 Å². The molecule has 0 saturated heterocycles. The fourth-order valence-corrected chi connectivity index (χ4v) is 2.61. The highest BCUT2D eigenvalue weighted by atomic mass is 16.1. The number of benzene rings is 2. The number of nitrogens with zero attached hydrogens (tertiary/aromatic N) is 2. The van der Waals surface area contributed by atoms with Crippen LogP contribution in [0.5, 0.6) is 0 Å². The van der Waals surface area contributed by atoms with Crippen LogP contribution in [0.2, 0.25) is 0 Å². The van der Waals surface area contributed by atoms with Crippen molar-refractivity contribution >= 4 is 22.5 Å². The first-order valence-electron chi connectivity index (χ1n) is 7.56. The molecule has 2 aromatic carbocycles. The third-order valence-electron chi connectivity index (χ3n) is 3.79. The number of anilines is 1. The molecule has 0 saturated carbocycles. The number of carbonyl (C=O) groups excluding carboxylic acids is 1. The molecule has 0 unspecified atom stereocenters. The van der Waals surface area contributed by atoms with Gasteiger partial charge >= 0.3 is 0 Å². The van der Waals surface area contributed by atoms with Crippen LogP contribution in [0.15, 0.2) is 73.1 Å². The molecule has 116 valence electrons. The van der Waals surface area contributed by atoms with Gasteiger partial charge in [0.15, 0.2) is 0 Å². The summed E-state index contributed by atoms with van der Waals surface area (Å²) in [7, 11) is 0. The quantitative estimate of drug-likeness (QED) is 0.603. The van der Waals surface area contributed by atoms with Crippen molar-refractivity contribution in [1.29, 1.82) is 0 Å². The Bertz CT molecular complexity index is 994. The van der Waals surface area contributed by atoms with E-state index in [1.54, 1.807) is 24.5 Å². The van der Waals surface area contributed by atoms with Crippen molar-refractivity contribution in [2.45, 2.75) is 0 Å². The lowest BCUT2D eigenvalue weighted by Gasteiger charge is -2.06. The standard InChI is InChI=1S/C19H14N4O/c24-19(13-5-2-1-3-6-13)21-15-8-9-17-16(11-15)18(23-22-17)14-7-4-10-20-12-14/h1-12H,(H,21,24)(H,22,23). The minimum absolute atomic E-state index is 0.138. The first-order valence-corrected chi connectivity index (χ1v) is 7.56. The average molecular weight is 314 g/mol. The molecule has 0 spiro atoms. The highest BCUT2D eigenvalue weighted by Crippen LogP contribution is 2.28. The number of amides is 1. The van der Waals surface area contributed by atoms with E-state index in [2.05, 4.69) is 20.5 Å². The number of hydrogen-bond acceptors (Lipinski definition) is 3. The third-order valence-corrected chi connectivity index (χ3v) is 3.79. The van der Waals surface area contributed by atoms with E-state index in [1.165, 1.54) is 0 Å². The van der Waals surface area contributed by atoms with Gasteiger partial charge in [-0.15, -0.1) is 0 Å². The minimum Gasteiger partial charge on any atom is -0.322 e. The Morgan fingerprint density at radius 3 is 2.67 bits per heavy atom. The Balaban J connectivity index is 1.69. The number of carbonyl (C=O) groups is 1. The van der Waals surface area contributed by atoms with Crippen LogP contribution in [0.1, 0.15) is 10.4 Å². The van der Waals surface area contributed by atoms with Gasteiger partial charge in [0.1, 0.15) is 5.69 Å². The molecule has 1 amide bonds. The van der Waals surface area contributed by atoms with E-state index in [1.807, 2.05) is 48.5 Å². The molecule has 5 nitrogen and oxygen atoms in total. The van der Waals surface area contributed by atoms with Crippen molar-refractivity contribution in [2.75, 3.05) is 5.32 Å². The van der Waals surface area contributed by atoms with Gasteiger partial charge in [-0.2, -0.15) is 5.10 Å². The van der Waals surface area contributed by atoms with Gasteiger partial charge in [0.25, 0.3) is 5.91 Å². The summed E-state index contributed by atoms with van der Waals surface area (Å²) >= 11 is 0. The smallest absolute Gasteiger partial charge is 0.255 e. The molecule has 0 bridgehead atoms. The van der Waals surface area contributed by atoms with E-state index in [9.17, 15) is 4.79 Å². The third kappa shape index (κ3) is 2.63. The van der Waals surface area contributed by atoms with Crippen molar-refractivity contribution in [3.8, 4) is 11.3 Å². The Kier molecular flexibility index (Phi) is 3.51. The monoisotopic (exact) mass is 314 g/mol. The van der Waals surface area contributed by atoms with Crippen molar-refractivity contribution < 1.29 is 4.79 Å². The molecule has 4 rings (SSSR count). The number of hydrogen-bond donors (Lipinski definition) is 2. The molecule has 0 aliphatic rings. The zero-order valence-corrected chi connectivity index (χ0v) is 12.7. The number of fused-ring (bicyclic) bond motifs is 1. The Morgan fingerprint density at radius 1 is 1.00 bits per heavy atom. The molecule has 5 heteroatoms. The molecule has 0 aliphatic heterocycles. The number of aromatic amines is 1. The van der Waals surface area contributed by atoms with E-state index in [0.717, 1.165) is 27.8 Å². The zero-order valence-electron chi connectivity index (χ0n) is 12.7. The highest BCUT2D eigenvalue weighted by Gasteiger charge is 2.10. The molecule has 0 atom stereocenters. The van der Waals surface area contributed by atoms with E-state index < -0.39 is 0 Å². The molecule has 24 heavy (non-hydrogen) atoms. The van der Waals surface area contributed by atoms with Crippen molar-refractivity contribution in [2.24, 2.45) is 0 Å². The molecular formula is C19H14N4O. The van der Waals surface area contributed by atoms with Crippen LogP contribution in [0.25, 0.3) is 22.2 Å². The van der Waals surface area contributed by atoms with Crippen LogP contribution in [-0.2, 0) is 0 Å². The van der Waals surface area contributed by atoms with Gasteiger partial charge < -0.3 is 5.32 Å². The molecule has 2 heterocycles. The number of rotatable bonds is 3. The van der Waals surface area contributed by atoms with Gasteiger partial charge in [-0.25, -0.2) is 0 Å². The van der Waals surface area contributed by atoms with E-state index >= 15 is 0 Å². The van der Waals surface area contributed by atoms with Gasteiger partial charge in [0.2, 0.25) is 0 Å². The second kappa shape index (κ2) is 5.96. The summed E-state index contributed by atoms with van der Waals surface area (Å²) in [5.41, 5.74) is 4.00. The summed E-state index contributed by atoms with van der Waals surface area (Å²) in [5.74, 6) is -0.138. The summed E-state index contributed by atoms with van der Waals surface area (Å²) in [6.07, 6.45) is 3.49. The van der Waals surface area contributed by atoms with E-state index in [-0.39, 0.29) is 5.91 Å². The van der Waals surface area contributed by atoms with Gasteiger partial charge in [0.05, 0.1) is 5.52 Å². The zero-order chi connectivity index (χ0) is 16.4. The molecule has 2 N–H and O–H groups in total. The van der Waals surface area contributed by atoms with Gasteiger partial charge in [0, 0.05) is 34.6 Å². The maximum atomic E-state index is 12.3. The average Bonchev–Trinajstić information content (AvgIpc) is 3.06. The van der Waals surface area contributed by atoms with Crippen LogP contribution in [0.4, 0.5) is 5.69 Å². The summed E-state index contributed by atoms with van der Waals surface area (Å²) in [6.45, 7) is 0. The fraction of sp³-hybridized carbons (Fsp3) is 0. The Labute approximate surface area is 138 Å². The van der Waals surface area contributed by atoms with Crippen molar-refractivity contribution in [1.82, 2.24) is 15.2 Å². The van der Waals surface area contributed by atoms with E-state index in [4.69, 9.17) is 0 Å². The predicted octanol–water partition coefficient (Wildman–Crippen LogP) is 3.88. The fourth-order valence-electron chi connectivity index (χ4n) is 2.61. The van der Waals surface area contributed by atoms with Gasteiger partial charge in [-0.3, -0.25) is 14.9 Å². The molecule has 4 aromatic rings. The lowest BCUT2D eigenvalue weighted by Crippen LogP contribution is -2.11. The second-order valence-electron chi connectivity index (χ2n) is 5.39. The normalized spacial score (nSPS) is 10.7. The molecular weight excluding hydrogens is 300 g/mol. The van der Waals surface area contributed by atoms with Crippen molar-refractivity contribution in [3.63, 3.8) is 0 Å². The molecule has 0 aliphatic carbocycles. The minimum atomic E-state index is -0.138. The summed E-state index contributed by atoms with van der Waals surface area (Å²) in [5, 5.41) is 11.2. The maximum absolute atomic E-state index is 12.3. The summed E-state index contributed by atoms with van der Waals surface area (Å²) in [4.78, 5) is 16.4. The number of aromatic nitrogens is 3. The highest BCUT2D eigenvalue weighted by molar-refractivity contribution is 6.05. The number of H-pyrrole nitrogens is 1. The Hall–Kier alpha value is -3.47. The Morgan fingerprint density at radius 2 is 1.88 bits per heavy atom. The maximum Gasteiger partial charge on any atom is 0.255 e. The predicted molar refractivity (Wildman–Crippen MR) is 93.7 cm³/mol. The number of nitrogens with one attached hydrogen (secondary N) is 2. The lowest BCUT2D eigenvalue weighted by atomic mass is 10.1. The second-order valence-corrected chi connectivity index (χ2v) is 5.39. The van der Waals surface area contributed by atoms with Gasteiger partial charge in [-0.1, -0.05) is 18.2 Å². The van der Waals surface area contributed by atoms with Crippen LogP contribution in [-0.4, -0.2) is 21.1 Å². The van der Waals surface area contributed by atoms with Crippen molar-refractivity contribution in [3.05, 3.63) is 78.6 Å². The first kappa shape index (κ1) is 14.1. The molecule has 0 radical (unpaired) electrons. The molecule has 0 fully saturated rings. The van der Waals surface area contributed by atoms with Crippen LogP contribution >= 0.6 is 0 Å².